The molecule has 0 saturated carbocycles. The Balaban J connectivity index is 1.92. The summed E-state index contributed by atoms with van der Waals surface area (Å²) in [6, 6.07) is 16.3. The van der Waals surface area contributed by atoms with Crippen LogP contribution in [0.4, 0.5) is 0 Å². The van der Waals surface area contributed by atoms with Crippen LogP contribution in [-0.2, 0) is 16.1 Å². The Morgan fingerprint density at radius 2 is 1.91 bits per heavy atom. The fourth-order valence-corrected chi connectivity index (χ4v) is 1.85. The summed E-state index contributed by atoms with van der Waals surface area (Å²) in [4.78, 5) is 11.7. The molecule has 0 spiro atoms. The van der Waals surface area contributed by atoms with E-state index in [9.17, 15) is 4.79 Å². The third-order valence-electron chi connectivity index (χ3n) is 3.01. The monoisotopic (exact) mass is 293 g/mol. The van der Waals surface area contributed by atoms with Crippen LogP contribution < -0.4 is 4.74 Å². The number of esters is 1. The van der Waals surface area contributed by atoms with E-state index in [2.05, 4.69) is 0 Å². The summed E-state index contributed by atoms with van der Waals surface area (Å²) < 4.78 is 10.4. The van der Waals surface area contributed by atoms with Gasteiger partial charge in [-0.25, -0.2) is 4.79 Å². The molecule has 0 bridgehead atoms. The molecule has 22 heavy (non-hydrogen) atoms. The van der Waals surface area contributed by atoms with E-state index in [1.807, 2.05) is 30.3 Å². The topological polar surface area (TPSA) is 59.3 Å². The van der Waals surface area contributed by atoms with Gasteiger partial charge in [0, 0.05) is 11.6 Å². The summed E-state index contributed by atoms with van der Waals surface area (Å²) in [6.45, 7) is 0.153. The molecule has 0 N–H and O–H groups in total. The first kappa shape index (κ1) is 15.3. The summed E-state index contributed by atoms with van der Waals surface area (Å²) in [6.07, 6.45) is 3.00. The molecule has 0 saturated heterocycles. The van der Waals surface area contributed by atoms with E-state index in [4.69, 9.17) is 14.7 Å². The van der Waals surface area contributed by atoms with Crippen LogP contribution in [0.3, 0.4) is 0 Å². The average molecular weight is 293 g/mol. The molecule has 0 aliphatic rings. The predicted octanol–water partition coefficient (Wildman–Crippen LogP) is 3.32. The van der Waals surface area contributed by atoms with Crippen LogP contribution in [0.25, 0.3) is 6.08 Å². The number of nitrogens with zero attached hydrogens (tertiary/aromatic N) is 1. The van der Waals surface area contributed by atoms with Crippen molar-refractivity contribution in [3.05, 3.63) is 71.3 Å². The Labute approximate surface area is 129 Å². The molecule has 0 aliphatic heterocycles. The molecule has 4 heteroatoms. The third-order valence-corrected chi connectivity index (χ3v) is 3.01. The second-order valence-electron chi connectivity index (χ2n) is 4.49. The zero-order valence-electron chi connectivity index (χ0n) is 12.2. The second-order valence-corrected chi connectivity index (χ2v) is 4.49. The zero-order valence-corrected chi connectivity index (χ0v) is 12.2. The molecular weight excluding hydrogens is 278 g/mol. The number of carbonyl (C=O) groups is 1. The van der Waals surface area contributed by atoms with Gasteiger partial charge in [-0.1, -0.05) is 30.3 Å². The van der Waals surface area contributed by atoms with Crippen molar-refractivity contribution in [1.82, 2.24) is 0 Å². The molecule has 0 atom stereocenters. The number of hydrogen-bond acceptors (Lipinski definition) is 4. The molecule has 2 rings (SSSR count). The standard InChI is InChI=1S/C18H15NO3/c1-21-17-5-3-2-4-16(17)13-22-18(20)11-10-14-6-8-15(12-19)9-7-14/h2-11H,13H2,1H3/b11-10+. The Morgan fingerprint density at radius 1 is 1.18 bits per heavy atom. The number of ether oxygens (including phenoxy) is 2. The first-order valence-electron chi connectivity index (χ1n) is 6.70. The molecule has 2 aromatic rings. The Hall–Kier alpha value is -3.06. The fraction of sp³-hybridized carbons (Fsp3) is 0.111. The molecule has 110 valence electrons. The van der Waals surface area contributed by atoms with Gasteiger partial charge < -0.3 is 9.47 Å². The predicted molar refractivity (Wildman–Crippen MR) is 83.0 cm³/mol. The Kier molecular flexibility index (Phi) is 5.33. The second kappa shape index (κ2) is 7.65. The van der Waals surface area contributed by atoms with Crippen LogP contribution in [0.1, 0.15) is 16.7 Å². The van der Waals surface area contributed by atoms with Gasteiger partial charge >= 0.3 is 5.97 Å². The van der Waals surface area contributed by atoms with E-state index < -0.39 is 5.97 Å². The van der Waals surface area contributed by atoms with Gasteiger partial charge in [0.2, 0.25) is 0 Å². The molecular formula is C18H15NO3. The van der Waals surface area contributed by atoms with Gasteiger partial charge in [0.05, 0.1) is 18.7 Å². The largest absolute Gasteiger partial charge is 0.496 e. The number of methoxy groups -OCH3 is 1. The van der Waals surface area contributed by atoms with Crippen molar-refractivity contribution in [3.63, 3.8) is 0 Å². The van der Waals surface area contributed by atoms with Gasteiger partial charge in [-0.2, -0.15) is 5.26 Å². The summed E-state index contributed by atoms with van der Waals surface area (Å²) >= 11 is 0. The minimum atomic E-state index is -0.435. The minimum absolute atomic E-state index is 0.153. The van der Waals surface area contributed by atoms with Gasteiger partial charge in [0.1, 0.15) is 12.4 Å². The zero-order chi connectivity index (χ0) is 15.8. The maximum absolute atomic E-state index is 11.7. The molecule has 2 aromatic carbocycles. The van der Waals surface area contributed by atoms with Gasteiger partial charge in [0.25, 0.3) is 0 Å². The van der Waals surface area contributed by atoms with E-state index in [1.165, 1.54) is 6.08 Å². The van der Waals surface area contributed by atoms with Crippen molar-refractivity contribution in [1.29, 1.82) is 5.26 Å². The van der Waals surface area contributed by atoms with Gasteiger partial charge in [-0.15, -0.1) is 0 Å². The number of nitriles is 1. The number of carbonyl (C=O) groups excluding carboxylic acids is 1. The smallest absolute Gasteiger partial charge is 0.331 e. The Morgan fingerprint density at radius 3 is 2.59 bits per heavy atom. The first-order valence-corrected chi connectivity index (χ1v) is 6.70. The number of para-hydroxylation sites is 1. The van der Waals surface area contributed by atoms with Gasteiger partial charge in [0.15, 0.2) is 0 Å². The highest BCUT2D eigenvalue weighted by Gasteiger charge is 2.04. The lowest BCUT2D eigenvalue weighted by atomic mass is 10.1. The summed E-state index contributed by atoms with van der Waals surface area (Å²) in [5, 5.41) is 8.72. The maximum atomic E-state index is 11.7. The van der Waals surface area contributed by atoms with Gasteiger partial charge in [-0.3, -0.25) is 0 Å². The van der Waals surface area contributed by atoms with E-state index in [-0.39, 0.29) is 6.61 Å². The van der Waals surface area contributed by atoms with Crippen molar-refractivity contribution in [3.8, 4) is 11.8 Å². The third kappa shape index (κ3) is 4.22. The van der Waals surface area contributed by atoms with Crippen LogP contribution in [-0.4, -0.2) is 13.1 Å². The van der Waals surface area contributed by atoms with Crippen molar-refractivity contribution >= 4 is 12.0 Å². The summed E-state index contributed by atoms with van der Waals surface area (Å²) in [5.74, 6) is 0.252. The number of benzene rings is 2. The number of rotatable bonds is 5. The molecule has 0 aliphatic carbocycles. The van der Waals surface area contributed by atoms with E-state index in [1.54, 1.807) is 37.5 Å². The van der Waals surface area contributed by atoms with Gasteiger partial charge in [-0.05, 0) is 29.8 Å². The highest BCUT2D eigenvalue weighted by atomic mass is 16.5. The van der Waals surface area contributed by atoms with Crippen molar-refractivity contribution in [2.45, 2.75) is 6.61 Å². The minimum Gasteiger partial charge on any atom is -0.496 e. The van der Waals surface area contributed by atoms with Crippen LogP contribution in [0.5, 0.6) is 5.75 Å². The summed E-state index contributed by atoms with van der Waals surface area (Å²) in [5.41, 5.74) is 2.22. The van der Waals surface area contributed by atoms with Crippen LogP contribution in [0.15, 0.2) is 54.6 Å². The lowest BCUT2D eigenvalue weighted by Crippen LogP contribution is -2.02. The molecule has 0 radical (unpaired) electrons. The average Bonchev–Trinajstić information content (AvgIpc) is 2.58. The van der Waals surface area contributed by atoms with Crippen molar-refractivity contribution in [2.24, 2.45) is 0 Å². The van der Waals surface area contributed by atoms with Crippen molar-refractivity contribution < 1.29 is 14.3 Å². The SMILES string of the molecule is COc1ccccc1COC(=O)/C=C/c1ccc(C#N)cc1. The highest BCUT2D eigenvalue weighted by Crippen LogP contribution is 2.18. The van der Waals surface area contributed by atoms with E-state index in [0.29, 0.717) is 11.3 Å². The fourth-order valence-electron chi connectivity index (χ4n) is 1.85. The lowest BCUT2D eigenvalue weighted by molar-refractivity contribution is -0.138. The molecule has 4 nitrogen and oxygen atoms in total. The quantitative estimate of drug-likeness (QED) is 0.626. The molecule has 0 amide bonds. The van der Waals surface area contributed by atoms with Crippen LogP contribution >= 0.6 is 0 Å². The summed E-state index contributed by atoms with van der Waals surface area (Å²) in [7, 11) is 1.57. The van der Waals surface area contributed by atoms with Crippen molar-refractivity contribution in [2.75, 3.05) is 7.11 Å². The molecule has 0 aromatic heterocycles. The number of hydrogen-bond donors (Lipinski definition) is 0. The first-order chi connectivity index (χ1) is 10.7. The maximum Gasteiger partial charge on any atom is 0.331 e. The van der Waals surface area contributed by atoms with Crippen LogP contribution in [0.2, 0.25) is 0 Å². The molecule has 0 fully saturated rings. The molecule has 0 unspecified atom stereocenters. The van der Waals surface area contributed by atoms with Crippen LogP contribution in [0, 0.1) is 11.3 Å². The van der Waals surface area contributed by atoms with E-state index >= 15 is 0 Å². The highest BCUT2D eigenvalue weighted by molar-refractivity contribution is 5.87. The molecule has 0 heterocycles. The Bertz CT molecular complexity index is 712. The van der Waals surface area contributed by atoms with E-state index in [0.717, 1.165) is 11.1 Å². The lowest BCUT2D eigenvalue weighted by Gasteiger charge is -2.07. The normalized spacial score (nSPS) is 10.2.